The minimum atomic E-state index is -0.437. The second-order valence-corrected chi connectivity index (χ2v) is 3.66. The molecule has 0 aliphatic rings. The molecular formula is C10H14N6O3. The van der Waals surface area contributed by atoms with Gasteiger partial charge >= 0.3 is 12.0 Å². The van der Waals surface area contributed by atoms with Crippen molar-refractivity contribution >= 4 is 12.0 Å². The normalized spacial score (nSPS) is 10.4. The number of nitrogens with zero attached hydrogens (tertiary/aromatic N) is 4. The third kappa shape index (κ3) is 3.52. The van der Waals surface area contributed by atoms with Gasteiger partial charge in [-0.15, -0.1) is 5.10 Å². The SMILES string of the molecule is COCCNC(=O)Nc1nnc(-c2ccn(C)n2)o1. The van der Waals surface area contributed by atoms with Crippen LogP contribution >= 0.6 is 0 Å². The maximum absolute atomic E-state index is 11.4. The monoisotopic (exact) mass is 266 g/mol. The molecule has 0 aromatic carbocycles. The molecule has 0 aliphatic carbocycles. The number of carbonyl (C=O) groups excluding carboxylic acids is 1. The first-order valence-corrected chi connectivity index (χ1v) is 5.56. The quantitative estimate of drug-likeness (QED) is 0.750. The highest BCUT2D eigenvalue weighted by molar-refractivity contribution is 5.86. The number of ether oxygens (including phenoxy) is 1. The highest BCUT2D eigenvalue weighted by Crippen LogP contribution is 2.16. The first-order valence-electron chi connectivity index (χ1n) is 5.56. The van der Waals surface area contributed by atoms with Crippen molar-refractivity contribution in [2.75, 3.05) is 25.6 Å². The summed E-state index contributed by atoms with van der Waals surface area (Å²) in [4.78, 5) is 11.4. The predicted octanol–water partition coefficient (Wildman–Crippen LogP) is 0.238. The molecule has 0 saturated carbocycles. The summed E-state index contributed by atoms with van der Waals surface area (Å²) in [5.74, 6) is 0.243. The molecule has 0 bridgehead atoms. The molecule has 2 aromatic heterocycles. The van der Waals surface area contributed by atoms with Crippen LogP contribution in [0.3, 0.4) is 0 Å². The molecule has 0 unspecified atom stereocenters. The average Bonchev–Trinajstić information content (AvgIpc) is 2.98. The number of methoxy groups -OCH3 is 1. The number of urea groups is 1. The number of nitrogens with one attached hydrogen (secondary N) is 2. The molecule has 9 heteroatoms. The Kier molecular flexibility index (Phi) is 4.08. The molecule has 102 valence electrons. The average molecular weight is 266 g/mol. The molecule has 0 saturated heterocycles. The smallest absolute Gasteiger partial charge is 0.324 e. The van der Waals surface area contributed by atoms with Gasteiger partial charge in [0.1, 0.15) is 5.69 Å². The Morgan fingerprint density at radius 3 is 3.05 bits per heavy atom. The van der Waals surface area contributed by atoms with Gasteiger partial charge in [0.15, 0.2) is 0 Å². The minimum Gasteiger partial charge on any atom is -0.401 e. The number of aromatic nitrogens is 4. The number of aryl methyl sites for hydroxylation is 1. The van der Waals surface area contributed by atoms with Crippen LogP contribution in [-0.2, 0) is 11.8 Å². The van der Waals surface area contributed by atoms with Crippen molar-refractivity contribution in [2.24, 2.45) is 7.05 Å². The van der Waals surface area contributed by atoms with Crippen molar-refractivity contribution < 1.29 is 13.9 Å². The highest BCUT2D eigenvalue weighted by Gasteiger charge is 2.12. The van der Waals surface area contributed by atoms with E-state index in [0.29, 0.717) is 18.8 Å². The summed E-state index contributed by atoms with van der Waals surface area (Å²) < 4.78 is 11.7. The Labute approximate surface area is 108 Å². The van der Waals surface area contributed by atoms with E-state index in [4.69, 9.17) is 9.15 Å². The molecular weight excluding hydrogens is 252 g/mol. The first-order chi connectivity index (χ1) is 9.19. The summed E-state index contributed by atoms with van der Waals surface area (Å²) in [5, 5.41) is 16.6. The number of hydrogen-bond acceptors (Lipinski definition) is 6. The van der Waals surface area contributed by atoms with Crippen molar-refractivity contribution in [3.63, 3.8) is 0 Å². The van der Waals surface area contributed by atoms with Crippen molar-refractivity contribution in [1.82, 2.24) is 25.3 Å². The van der Waals surface area contributed by atoms with Gasteiger partial charge in [0, 0.05) is 26.9 Å². The first kappa shape index (κ1) is 13.0. The second-order valence-electron chi connectivity index (χ2n) is 3.66. The molecule has 9 nitrogen and oxygen atoms in total. The Hall–Kier alpha value is -2.42. The summed E-state index contributed by atoms with van der Waals surface area (Å²) in [6, 6.07) is 1.31. The van der Waals surface area contributed by atoms with Crippen LogP contribution in [0.4, 0.5) is 10.8 Å². The van der Waals surface area contributed by atoms with E-state index in [1.54, 1.807) is 31.1 Å². The van der Waals surface area contributed by atoms with Crippen LogP contribution in [0.15, 0.2) is 16.7 Å². The van der Waals surface area contributed by atoms with Crippen molar-refractivity contribution in [3.05, 3.63) is 12.3 Å². The van der Waals surface area contributed by atoms with Gasteiger partial charge in [-0.05, 0) is 6.07 Å². The van der Waals surface area contributed by atoms with E-state index in [-0.39, 0.29) is 11.9 Å². The largest absolute Gasteiger partial charge is 0.401 e. The van der Waals surface area contributed by atoms with Crippen LogP contribution < -0.4 is 10.6 Å². The molecule has 2 heterocycles. The number of carbonyl (C=O) groups is 1. The lowest BCUT2D eigenvalue weighted by Crippen LogP contribution is -2.31. The molecule has 0 atom stereocenters. The van der Waals surface area contributed by atoms with Gasteiger partial charge in [0.05, 0.1) is 6.61 Å². The van der Waals surface area contributed by atoms with E-state index in [9.17, 15) is 4.79 Å². The lowest BCUT2D eigenvalue weighted by atomic mass is 10.4. The fourth-order valence-electron chi connectivity index (χ4n) is 1.31. The summed E-state index contributed by atoms with van der Waals surface area (Å²) in [5.41, 5.74) is 0.544. The van der Waals surface area contributed by atoms with Crippen LogP contribution in [0.25, 0.3) is 11.6 Å². The van der Waals surface area contributed by atoms with Crippen molar-refractivity contribution in [2.45, 2.75) is 0 Å². The third-order valence-electron chi connectivity index (χ3n) is 2.17. The van der Waals surface area contributed by atoms with Crippen molar-refractivity contribution in [1.29, 1.82) is 0 Å². The fraction of sp³-hybridized carbons (Fsp3) is 0.400. The predicted molar refractivity (Wildman–Crippen MR) is 65.4 cm³/mol. The van der Waals surface area contributed by atoms with E-state index in [2.05, 4.69) is 25.9 Å². The Morgan fingerprint density at radius 1 is 1.53 bits per heavy atom. The third-order valence-corrected chi connectivity index (χ3v) is 2.17. The van der Waals surface area contributed by atoms with Gasteiger partial charge in [-0.1, -0.05) is 5.10 Å². The van der Waals surface area contributed by atoms with Crippen LogP contribution in [0, 0.1) is 0 Å². The maximum Gasteiger partial charge on any atom is 0.324 e. The van der Waals surface area contributed by atoms with Gasteiger partial charge in [0.2, 0.25) is 0 Å². The highest BCUT2D eigenvalue weighted by atomic mass is 16.5. The Bertz CT molecular complexity index is 549. The molecule has 0 aliphatic heterocycles. The van der Waals surface area contributed by atoms with Crippen LogP contribution in [0.1, 0.15) is 0 Å². The van der Waals surface area contributed by atoms with Gasteiger partial charge < -0.3 is 14.5 Å². The van der Waals surface area contributed by atoms with Crippen LogP contribution in [0.5, 0.6) is 0 Å². The molecule has 19 heavy (non-hydrogen) atoms. The Balaban J connectivity index is 1.92. The molecule has 2 aromatic rings. The number of amides is 2. The molecule has 0 fully saturated rings. The number of rotatable bonds is 5. The lowest BCUT2D eigenvalue weighted by molar-refractivity contribution is 0.198. The zero-order valence-corrected chi connectivity index (χ0v) is 10.6. The standard InChI is InChI=1S/C10H14N6O3/c1-16-5-3-7(15-16)8-13-14-10(19-8)12-9(17)11-4-6-18-2/h3,5H,4,6H2,1-2H3,(H2,11,12,14,17). The summed E-state index contributed by atoms with van der Waals surface area (Å²) >= 11 is 0. The zero-order valence-electron chi connectivity index (χ0n) is 10.6. The lowest BCUT2D eigenvalue weighted by Gasteiger charge is -2.02. The van der Waals surface area contributed by atoms with Crippen LogP contribution in [0.2, 0.25) is 0 Å². The van der Waals surface area contributed by atoms with Crippen molar-refractivity contribution in [3.8, 4) is 11.6 Å². The summed E-state index contributed by atoms with van der Waals surface area (Å²) in [6.07, 6.45) is 1.75. The second kappa shape index (κ2) is 5.96. The number of anilines is 1. The molecule has 2 amide bonds. The van der Waals surface area contributed by atoms with Gasteiger partial charge in [-0.25, -0.2) is 4.79 Å². The topological polar surface area (TPSA) is 107 Å². The van der Waals surface area contributed by atoms with E-state index in [1.807, 2.05) is 0 Å². The van der Waals surface area contributed by atoms with E-state index in [1.165, 1.54) is 0 Å². The summed E-state index contributed by atoms with van der Waals surface area (Å²) in [6.45, 7) is 0.819. The molecule has 2 rings (SSSR count). The van der Waals surface area contributed by atoms with E-state index >= 15 is 0 Å². The number of hydrogen-bond donors (Lipinski definition) is 2. The fourth-order valence-corrected chi connectivity index (χ4v) is 1.31. The maximum atomic E-state index is 11.4. The molecule has 0 spiro atoms. The minimum absolute atomic E-state index is 0.00979. The van der Waals surface area contributed by atoms with Gasteiger partial charge in [-0.3, -0.25) is 10.00 Å². The van der Waals surface area contributed by atoms with Crippen LogP contribution in [-0.4, -0.2) is 46.3 Å². The molecule has 2 N–H and O–H groups in total. The molecule has 0 radical (unpaired) electrons. The van der Waals surface area contributed by atoms with E-state index in [0.717, 1.165) is 0 Å². The Morgan fingerprint density at radius 2 is 2.37 bits per heavy atom. The van der Waals surface area contributed by atoms with Gasteiger partial charge in [-0.2, -0.15) is 5.10 Å². The zero-order chi connectivity index (χ0) is 13.7. The van der Waals surface area contributed by atoms with Gasteiger partial charge in [0.25, 0.3) is 5.89 Å². The van der Waals surface area contributed by atoms with E-state index < -0.39 is 6.03 Å². The summed E-state index contributed by atoms with van der Waals surface area (Å²) in [7, 11) is 3.33.